The van der Waals surface area contributed by atoms with Crippen LogP contribution in [0.25, 0.3) is 101 Å². The van der Waals surface area contributed by atoms with Gasteiger partial charge in [0.15, 0.2) is 23.1 Å². The zero-order valence-electron chi connectivity index (χ0n) is 24.7. The van der Waals surface area contributed by atoms with Crippen molar-refractivity contribution in [3.63, 3.8) is 0 Å². The molecule has 0 aliphatic rings. The smallest absolute Gasteiger partial charge is 0.228 e. The van der Waals surface area contributed by atoms with E-state index in [9.17, 15) is 0 Å². The molecule has 0 atom stereocenters. The van der Waals surface area contributed by atoms with Gasteiger partial charge in [0, 0.05) is 43.8 Å². The molecule has 0 fully saturated rings. The molecule has 220 valence electrons. The lowest BCUT2D eigenvalue weighted by Crippen LogP contribution is -2.00. The molecule has 0 saturated carbocycles. The van der Waals surface area contributed by atoms with Crippen molar-refractivity contribution in [1.82, 2.24) is 19.9 Å². The molecular weight excluding hydrogens is 584 g/mol. The van der Waals surface area contributed by atoms with E-state index in [1.807, 2.05) is 121 Å². The maximum Gasteiger partial charge on any atom is 0.228 e. The fourth-order valence-electron chi connectivity index (χ4n) is 6.43. The lowest BCUT2D eigenvalue weighted by molar-refractivity contribution is 0.620. The van der Waals surface area contributed by atoms with Crippen molar-refractivity contribution in [1.29, 1.82) is 0 Å². The number of hydrogen-bond acceptors (Lipinski definition) is 7. The summed E-state index contributed by atoms with van der Waals surface area (Å²) in [4.78, 5) is 19.9. The topological polar surface area (TPSA) is 91.0 Å². The fourth-order valence-corrected chi connectivity index (χ4v) is 6.43. The summed E-state index contributed by atoms with van der Waals surface area (Å²) < 4.78 is 18.9. The molecular formula is C40H22N4O3. The van der Waals surface area contributed by atoms with Gasteiger partial charge in [-0.25, -0.2) is 19.9 Å². The molecule has 0 unspecified atom stereocenters. The van der Waals surface area contributed by atoms with Gasteiger partial charge in [0.1, 0.15) is 27.8 Å². The quantitative estimate of drug-likeness (QED) is 0.197. The van der Waals surface area contributed by atoms with Crippen LogP contribution >= 0.6 is 0 Å². The van der Waals surface area contributed by atoms with Crippen molar-refractivity contribution >= 4 is 55.0 Å². The summed E-state index contributed by atoms with van der Waals surface area (Å²) in [5, 5.41) is 3.88. The van der Waals surface area contributed by atoms with E-state index >= 15 is 0 Å². The Balaban J connectivity index is 1.23. The number of aromatic nitrogens is 4. The molecule has 7 heteroatoms. The average Bonchev–Trinajstić information content (AvgIpc) is 3.84. The van der Waals surface area contributed by atoms with E-state index in [0.29, 0.717) is 28.9 Å². The highest BCUT2D eigenvalue weighted by Crippen LogP contribution is 2.42. The second-order valence-corrected chi connectivity index (χ2v) is 11.4. The highest BCUT2D eigenvalue weighted by Gasteiger charge is 2.22. The third-order valence-corrected chi connectivity index (χ3v) is 8.59. The Labute approximate surface area is 266 Å². The van der Waals surface area contributed by atoms with Crippen LogP contribution in [0.2, 0.25) is 0 Å². The lowest BCUT2D eigenvalue weighted by Gasteiger charge is -2.09. The van der Waals surface area contributed by atoms with Crippen molar-refractivity contribution in [2.24, 2.45) is 0 Å². The molecule has 0 spiro atoms. The predicted molar refractivity (Wildman–Crippen MR) is 184 cm³/mol. The molecule has 10 rings (SSSR count). The Kier molecular flexibility index (Phi) is 5.44. The summed E-state index contributed by atoms with van der Waals surface area (Å²) in [5.41, 5.74) is 7.94. The standard InChI is InChI=1S/C40H22N4O3/c1-2-10-23(11-3-1)37-42-38(24-20-21-26-25-12-4-6-16-30(25)45-34(26)22-24)44-39(43-37)27-13-8-18-32-35(27)36-28(14-9-19-33(36)46-32)40-41-29-15-5-7-17-31(29)47-40/h1-22H. The number of furan rings is 2. The van der Waals surface area contributed by atoms with Gasteiger partial charge in [-0.05, 0) is 48.5 Å². The second-order valence-electron chi connectivity index (χ2n) is 11.4. The SMILES string of the molecule is c1ccc(-c2nc(-c3ccc4c(c3)oc3ccccc34)nc(-c3cccc4oc5cccc(-c6nc7ccccc7o6)c5c34)n2)cc1. The van der Waals surface area contributed by atoms with Gasteiger partial charge in [0.2, 0.25) is 5.89 Å². The van der Waals surface area contributed by atoms with Crippen LogP contribution < -0.4 is 0 Å². The second kappa shape index (κ2) is 9.95. The molecule has 0 radical (unpaired) electrons. The number of oxazole rings is 1. The minimum atomic E-state index is 0.523. The van der Waals surface area contributed by atoms with Crippen LogP contribution in [-0.4, -0.2) is 19.9 Å². The van der Waals surface area contributed by atoms with Gasteiger partial charge in [0.05, 0.1) is 0 Å². The largest absolute Gasteiger partial charge is 0.456 e. The Hall–Kier alpha value is -6.60. The third kappa shape index (κ3) is 4.07. The summed E-state index contributed by atoms with van der Waals surface area (Å²) in [6.45, 7) is 0. The molecule has 47 heavy (non-hydrogen) atoms. The molecule has 0 amide bonds. The summed E-state index contributed by atoms with van der Waals surface area (Å²) in [6, 6.07) is 43.8. The average molecular weight is 607 g/mol. The maximum atomic E-state index is 6.40. The van der Waals surface area contributed by atoms with Gasteiger partial charge in [-0.15, -0.1) is 0 Å². The minimum absolute atomic E-state index is 0.523. The molecule has 0 saturated heterocycles. The first-order valence-electron chi connectivity index (χ1n) is 15.3. The first-order valence-corrected chi connectivity index (χ1v) is 15.3. The fraction of sp³-hybridized carbons (Fsp3) is 0. The van der Waals surface area contributed by atoms with Gasteiger partial charge in [0.25, 0.3) is 0 Å². The highest BCUT2D eigenvalue weighted by molar-refractivity contribution is 6.17. The zero-order chi connectivity index (χ0) is 30.9. The van der Waals surface area contributed by atoms with E-state index in [0.717, 1.165) is 71.6 Å². The third-order valence-electron chi connectivity index (χ3n) is 8.59. The molecule has 10 aromatic rings. The van der Waals surface area contributed by atoms with Crippen molar-refractivity contribution in [3.05, 3.63) is 133 Å². The maximum absolute atomic E-state index is 6.40. The summed E-state index contributed by atoms with van der Waals surface area (Å²) in [6.07, 6.45) is 0. The number of para-hydroxylation sites is 3. The van der Waals surface area contributed by atoms with E-state index < -0.39 is 0 Å². The Morgan fingerprint density at radius 1 is 0.362 bits per heavy atom. The van der Waals surface area contributed by atoms with Crippen LogP contribution in [0.5, 0.6) is 0 Å². The summed E-state index contributed by atoms with van der Waals surface area (Å²) in [5.74, 6) is 2.16. The molecule has 7 nitrogen and oxygen atoms in total. The molecule has 0 aliphatic carbocycles. The highest BCUT2D eigenvalue weighted by atomic mass is 16.4. The molecule has 0 bridgehead atoms. The van der Waals surface area contributed by atoms with Gasteiger partial charge in [-0.2, -0.15) is 0 Å². The van der Waals surface area contributed by atoms with E-state index in [-0.39, 0.29) is 0 Å². The van der Waals surface area contributed by atoms with Gasteiger partial charge in [-0.3, -0.25) is 0 Å². The van der Waals surface area contributed by atoms with Gasteiger partial charge in [-0.1, -0.05) is 84.9 Å². The number of hydrogen-bond donors (Lipinski definition) is 0. The van der Waals surface area contributed by atoms with Crippen LogP contribution in [0, 0.1) is 0 Å². The first-order chi connectivity index (χ1) is 23.3. The van der Waals surface area contributed by atoms with E-state index in [1.165, 1.54) is 0 Å². The summed E-state index contributed by atoms with van der Waals surface area (Å²) in [7, 11) is 0. The van der Waals surface area contributed by atoms with Crippen molar-refractivity contribution in [3.8, 4) is 45.6 Å². The van der Waals surface area contributed by atoms with Crippen LogP contribution in [0.4, 0.5) is 0 Å². The normalized spacial score (nSPS) is 11.8. The first kappa shape index (κ1) is 25.7. The van der Waals surface area contributed by atoms with Crippen LogP contribution in [0.15, 0.2) is 147 Å². The van der Waals surface area contributed by atoms with E-state index in [1.54, 1.807) is 0 Å². The van der Waals surface area contributed by atoms with Gasteiger partial charge < -0.3 is 13.3 Å². The van der Waals surface area contributed by atoms with Crippen molar-refractivity contribution < 1.29 is 13.3 Å². The van der Waals surface area contributed by atoms with Crippen molar-refractivity contribution in [2.75, 3.05) is 0 Å². The van der Waals surface area contributed by atoms with E-state index in [2.05, 4.69) is 12.1 Å². The molecule has 0 N–H and O–H groups in total. The van der Waals surface area contributed by atoms with Crippen LogP contribution in [0.3, 0.4) is 0 Å². The molecule has 4 heterocycles. The number of nitrogens with zero attached hydrogens (tertiary/aromatic N) is 4. The predicted octanol–water partition coefficient (Wildman–Crippen LogP) is 10.5. The number of benzene rings is 6. The Bertz CT molecular complexity index is 2780. The minimum Gasteiger partial charge on any atom is -0.456 e. The molecule has 0 aliphatic heterocycles. The van der Waals surface area contributed by atoms with Crippen LogP contribution in [0.1, 0.15) is 0 Å². The van der Waals surface area contributed by atoms with Crippen molar-refractivity contribution in [2.45, 2.75) is 0 Å². The zero-order valence-corrected chi connectivity index (χ0v) is 24.7. The molecule has 4 aromatic heterocycles. The summed E-state index contributed by atoms with van der Waals surface area (Å²) >= 11 is 0. The number of rotatable bonds is 4. The van der Waals surface area contributed by atoms with Crippen LogP contribution in [-0.2, 0) is 0 Å². The Morgan fingerprint density at radius 3 is 1.81 bits per heavy atom. The Morgan fingerprint density at radius 2 is 0.979 bits per heavy atom. The number of fused-ring (bicyclic) bond motifs is 7. The van der Waals surface area contributed by atoms with Gasteiger partial charge >= 0.3 is 0 Å². The monoisotopic (exact) mass is 606 g/mol. The molecule has 6 aromatic carbocycles. The van der Waals surface area contributed by atoms with E-state index in [4.69, 9.17) is 33.2 Å². The lowest BCUT2D eigenvalue weighted by atomic mass is 10.0.